The van der Waals surface area contributed by atoms with Gasteiger partial charge in [0, 0.05) is 6.04 Å². The molecule has 0 radical (unpaired) electrons. The van der Waals surface area contributed by atoms with Crippen molar-refractivity contribution in [3.63, 3.8) is 0 Å². The zero-order chi connectivity index (χ0) is 14.5. The van der Waals surface area contributed by atoms with Crippen molar-refractivity contribution in [2.75, 3.05) is 13.2 Å². The number of benzene rings is 1. The molecule has 2 unspecified atom stereocenters. The normalized spacial score (nSPS) is 16.1. The molecule has 5 heteroatoms. The molecule has 1 aromatic rings. The second-order valence-corrected chi connectivity index (χ2v) is 5.05. The van der Waals surface area contributed by atoms with Crippen LogP contribution in [0.15, 0.2) is 18.2 Å². The topological polar surface area (TPSA) is 59.6 Å². The first-order valence-corrected chi connectivity index (χ1v) is 7.06. The van der Waals surface area contributed by atoms with Crippen LogP contribution in [0.1, 0.15) is 38.8 Å². The highest BCUT2D eigenvalue weighted by Gasteiger charge is 2.16. The van der Waals surface area contributed by atoms with E-state index in [9.17, 15) is 4.79 Å². The van der Waals surface area contributed by atoms with Crippen LogP contribution in [0, 0.1) is 0 Å². The number of hydrogen-bond donors (Lipinski definition) is 2. The lowest BCUT2D eigenvalue weighted by molar-refractivity contribution is 0.171. The van der Waals surface area contributed by atoms with Crippen LogP contribution in [0.4, 0.5) is 4.79 Å². The zero-order valence-electron chi connectivity index (χ0n) is 12.2. The summed E-state index contributed by atoms with van der Waals surface area (Å²) in [6.45, 7) is 7.11. The Balaban J connectivity index is 1.98. The molecule has 0 saturated heterocycles. The first-order chi connectivity index (χ1) is 9.60. The molecule has 0 saturated carbocycles. The van der Waals surface area contributed by atoms with Crippen molar-refractivity contribution >= 4 is 6.03 Å². The van der Waals surface area contributed by atoms with Gasteiger partial charge in [0.2, 0.25) is 0 Å². The lowest BCUT2D eigenvalue weighted by atomic mass is 10.1. The summed E-state index contributed by atoms with van der Waals surface area (Å²) >= 11 is 0. The minimum atomic E-state index is -0.151. The minimum absolute atomic E-state index is 0.0881. The minimum Gasteiger partial charge on any atom is -0.486 e. The molecule has 0 spiro atoms. The highest BCUT2D eigenvalue weighted by Crippen LogP contribution is 2.32. The van der Waals surface area contributed by atoms with Gasteiger partial charge in [-0.3, -0.25) is 0 Å². The number of carbonyl (C=O) groups is 1. The number of hydrogen-bond acceptors (Lipinski definition) is 3. The molecule has 110 valence electrons. The molecule has 0 fully saturated rings. The Morgan fingerprint density at radius 3 is 2.60 bits per heavy atom. The quantitative estimate of drug-likeness (QED) is 0.890. The molecule has 20 heavy (non-hydrogen) atoms. The van der Waals surface area contributed by atoms with E-state index in [-0.39, 0.29) is 18.1 Å². The Morgan fingerprint density at radius 1 is 1.20 bits per heavy atom. The zero-order valence-corrected chi connectivity index (χ0v) is 12.2. The van der Waals surface area contributed by atoms with Crippen LogP contribution in [-0.2, 0) is 0 Å². The number of rotatable bonds is 4. The molecule has 2 atom stereocenters. The van der Waals surface area contributed by atoms with E-state index in [2.05, 4.69) is 10.6 Å². The van der Waals surface area contributed by atoms with Crippen molar-refractivity contribution in [3.8, 4) is 11.5 Å². The predicted molar refractivity (Wildman–Crippen MR) is 77.3 cm³/mol. The molecule has 0 aromatic heterocycles. The molecule has 1 aromatic carbocycles. The number of ether oxygens (including phenoxy) is 2. The highest BCUT2D eigenvalue weighted by molar-refractivity contribution is 5.74. The van der Waals surface area contributed by atoms with Crippen LogP contribution in [0.25, 0.3) is 0 Å². The lowest BCUT2D eigenvalue weighted by Gasteiger charge is -2.21. The smallest absolute Gasteiger partial charge is 0.315 e. The van der Waals surface area contributed by atoms with Crippen LogP contribution in [0.5, 0.6) is 11.5 Å². The lowest BCUT2D eigenvalue weighted by Crippen LogP contribution is -2.41. The van der Waals surface area contributed by atoms with E-state index in [1.165, 1.54) is 0 Å². The fourth-order valence-electron chi connectivity index (χ4n) is 1.98. The second kappa shape index (κ2) is 6.50. The Kier molecular flexibility index (Phi) is 4.71. The van der Waals surface area contributed by atoms with Gasteiger partial charge in [-0.05, 0) is 38.0 Å². The summed E-state index contributed by atoms with van der Waals surface area (Å²) in [7, 11) is 0. The molecule has 0 bridgehead atoms. The average Bonchev–Trinajstić information content (AvgIpc) is 2.46. The van der Waals surface area contributed by atoms with E-state index in [1.54, 1.807) is 0 Å². The monoisotopic (exact) mass is 278 g/mol. The Hall–Kier alpha value is -1.91. The maximum absolute atomic E-state index is 11.8. The second-order valence-electron chi connectivity index (χ2n) is 5.05. The van der Waals surface area contributed by atoms with Gasteiger partial charge in [0.05, 0.1) is 6.04 Å². The molecule has 2 N–H and O–H groups in total. The van der Waals surface area contributed by atoms with Gasteiger partial charge in [-0.1, -0.05) is 13.0 Å². The summed E-state index contributed by atoms with van der Waals surface area (Å²) in [4.78, 5) is 11.8. The predicted octanol–water partition coefficient (Wildman–Crippen LogP) is 2.62. The van der Waals surface area contributed by atoms with Crippen LogP contribution < -0.4 is 20.1 Å². The maximum Gasteiger partial charge on any atom is 0.315 e. The number of fused-ring (bicyclic) bond motifs is 1. The standard InChI is InChI=1S/C15H22N2O3/c1-4-10(2)16-15(18)17-11(3)12-5-6-13-14(9-12)20-8-7-19-13/h5-6,9-11H,4,7-8H2,1-3H3,(H2,16,17,18). The maximum atomic E-state index is 11.8. The SMILES string of the molecule is CCC(C)NC(=O)NC(C)c1ccc2c(c1)OCCO2. The molecule has 1 aliphatic rings. The van der Waals surface area contributed by atoms with E-state index in [0.29, 0.717) is 13.2 Å². The van der Waals surface area contributed by atoms with Gasteiger partial charge >= 0.3 is 6.03 Å². The first-order valence-electron chi connectivity index (χ1n) is 7.06. The summed E-state index contributed by atoms with van der Waals surface area (Å²) in [5.74, 6) is 1.50. The number of amides is 2. The van der Waals surface area contributed by atoms with Crippen molar-refractivity contribution in [2.24, 2.45) is 0 Å². The summed E-state index contributed by atoms with van der Waals surface area (Å²) < 4.78 is 11.0. The van der Waals surface area contributed by atoms with Gasteiger partial charge in [0.25, 0.3) is 0 Å². The van der Waals surface area contributed by atoms with E-state index in [4.69, 9.17) is 9.47 Å². The van der Waals surface area contributed by atoms with E-state index < -0.39 is 0 Å². The number of carbonyl (C=O) groups excluding carboxylic acids is 1. The fourth-order valence-corrected chi connectivity index (χ4v) is 1.98. The van der Waals surface area contributed by atoms with Crippen LogP contribution in [-0.4, -0.2) is 25.3 Å². The molecular formula is C15H22N2O3. The Bertz CT molecular complexity index is 476. The van der Waals surface area contributed by atoms with Gasteiger partial charge in [-0.15, -0.1) is 0 Å². The molecule has 1 heterocycles. The van der Waals surface area contributed by atoms with Crippen LogP contribution in [0.3, 0.4) is 0 Å². The van der Waals surface area contributed by atoms with Crippen molar-refractivity contribution in [1.29, 1.82) is 0 Å². The van der Waals surface area contributed by atoms with Crippen LogP contribution >= 0.6 is 0 Å². The first kappa shape index (κ1) is 14.5. The third kappa shape index (κ3) is 3.56. The summed E-state index contributed by atoms with van der Waals surface area (Å²) in [5.41, 5.74) is 0.994. The van der Waals surface area contributed by atoms with Crippen molar-refractivity contribution in [3.05, 3.63) is 23.8 Å². The molecular weight excluding hydrogens is 256 g/mol. The van der Waals surface area contributed by atoms with Gasteiger partial charge in [-0.25, -0.2) is 4.79 Å². The average molecular weight is 278 g/mol. The number of urea groups is 1. The van der Waals surface area contributed by atoms with Gasteiger partial charge in [0.15, 0.2) is 11.5 Å². The Morgan fingerprint density at radius 2 is 1.90 bits per heavy atom. The van der Waals surface area contributed by atoms with E-state index in [1.807, 2.05) is 39.0 Å². The molecule has 1 aliphatic heterocycles. The van der Waals surface area contributed by atoms with Gasteiger partial charge in [0.1, 0.15) is 13.2 Å². The number of nitrogens with one attached hydrogen (secondary N) is 2. The summed E-state index contributed by atoms with van der Waals surface area (Å²) in [6, 6.07) is 5.68. The fraction of sp³-hybridized carbons (Fsp3) is 0.533. The Labute approximate surface area is 119 Å². The molecule has 0 aliphatic carbocycles. The summed E-state index contributed by atoms with van der Waals surface area (Å²) in [6.07, 6.45) is 0.909. The largest absolute Gasteiger partial charge is 0.486 e. The van der Waals surface area contributed by atoms with Crippen molar-refractivity contribution in [1.82, 2.24) is 10.6 Å². The highest BCUT2D eigenvalue weighted by atomic mass is 16.6. The van der Waals surface area contributed by atoms with Crippen LogP contribution in [0.2, 0.25) is 0 Å². The molecule has 2 rings (SSSR count). The van der Waals surface area contributed by atoms with Gasteiger partial charge in [-0.2, -0.15) is 0 Å². The summed E-state index contributed by atoms with van der Waals surface area (Å²) in [5, 5.41) is 5.81. The van der Waals surface area contributed by atoms with E-state index in [0.717, 1.165) is 23.5 Å². The van der Waals surface area contributed by atoms with Gasteiger partial charge < -0.3 is 20.1 Å². The van der Waals surface area contributed by atoms with Crippen molar-refractivity contribution < 1.29 is 14.3 Å². The molecule has 5 nitrogen and oxygen atoms in total. The van der Waals surface area contributed by atoms with E-state index >= 15 is 0 Å². The third-order valence-electron chi connectivity index (χ3n) is 3.40. The third-order valence-corrected chi connectivity index (χ3v) is 3.40. The van der Waals surface area contributed by atoms with Crippen molar-refractivity contribution in [2.45, 2.75) is 39.3 Å². The molecule has 2 amide bonds.